The Morgan fingerprint density at radius 2 is 2.06 bits per heavy atom. The van der Waals surface area contributed by atoms with E-state index in [9.17, 15) is 13.2 Å². The first kappa shape index (κ1) is 13.6. The van der Waals surface area contributed by atoms with Crippen LogP contribution in [-0.4, -0.2) is 45.5 Å². The van der Waals surface area contributed by atoms with Crippen molar-refractivity contribution in [1.29, 1.82) is 0 Å². The number of carbonyl (C=O) groups is 1. The van der Waals surface area contributed by atoms with E-state index in [1.54, 1.807) is 0 Å². The van der Waals surface area contributed by atoms with E-state index >= 15 is 0 Å². The van der Waals surface area contributed by atoms with E-state index in [1.807, 2.05) is 4.72 Å². The van der Waals surface area contributed by atoms with Crippen LogP contribution in [0, 0.1) is 0 Å². The summed E-state index contributed by atoms with van der Waals surface area (Å²) in [6.45, 7) is 2.32. The van der Waals surface area contributed by atoms with Crippen LogP contribution in [0.15, 0.2) is 16.3 Å². The first-order chi connectivity index (χ1) is 8.49. The molecule has 6 nitrogen and oxygen atoms in total. The number of piperazine rings is 1. The SMILES string of the molecule is O=C(NS(=O)(=O)c1ccc(Cl)s1)N1CCNCC1. The van der Waals surface area contributed by atoms with E-state index in [-0.39, 0.29) is 4.21 Å². The molecule has 0 saturated carbocycles. The van der Waals surface area contributed by atoms with Crippen LogP contribution < -0.4 is 10.0 Å². The number of halogens is 1. The van der Waals surface area contributed by atoms with Crippen LogP contribution in [0.5, 0.6) is 0 Å². The molecule has 1 aliphatic rings. The van der Waals surface area contributed by atoms with E-state index in [4.69, 9.17) is 11.6 Å². The zero-order valence-corrected chi connectivity index (χ0v) is 11.7. The number of sulfonamides is 1. The highest BCUT2D eigenvalue weighted by molar-refractivity contribution is 7.92. The minimum Gasteiger partial charge on any atom is -0.321 e. The molecule has 1 saturated heterocycles. The molecular weight excluding hydrogens is 298 g/mol. The van der Waals surface area contributed by atoms with Crippen LogP contribution in [0.4, 0.5) is 4.79 Å². The average molecular weight is 310 g/mol. The van der Waals surface area contributed by atoms with Gasteiger partial charge in [0.25, 0.3) is 10.0 Å². The number of nitrogens with one attached hydrogen (secondary N) is 2. The second kappa shape index (κ2) is 5.43. The standard InChI is InChI=1S/C9H12ClN3O3S2/c10-7-1-2-8(17-7)18(15,16)12-9(14)13-5-3-11-4-6-13/h1-2,11H,3-6H2,(H,12,14). The number of amides is 2. The van der Waals surface area contributed by atoms with Crippen LogP contribution >= 0.6 is 22.9 Å². The van der Waals surface area contributed by atoms with Gasteiger partial charge in [0, 0.05) is 26.2 Å². The van der Waals surface area contributed by atoms with Crippen LogP contribution in [-0.2, 0) is 10.0 Å². The number of thiophene rings is 1. The first-order valence-electron chi connectivity index (χ1n) is 5.27. The van der Waals surface area contributed by atoms with Gasteiger partial charge < -0.3 is 10.2 Å². The minimum absolute atomic E-state index is 0.0379. The van der Waals surface area contributed by atoms with Gasteiger partial charge in [-0.3, -0.25) is 0 Å². The summed E-state index contributed by atoms with van der Waals surface area (Å²) < 4.78 is 26.2. The van der Waals surface area contributed by atoms with E-state index in [2.05, 4.69) is 5.32 Å². The molecule has 2 heterocycles. The van der Waals surface area contributed by atoms with Gasteiger partial charge in [-0.2, -0.15) is 0 Å². The average Bonchev–Trinajstić information content (AvgIpc) is 2.77. The van der Waals surface area contributed by atoms with Gasteiger partial charge in [-0.15, -0.1) is 11.3 Å². The first-order valence-corrected chi connectivity index (χ1v) is 7.94. The molecule has 0 radical (unpaired) electrons. The number of carbonyl (C=O) groups excluding carboxylic acids is 1. The fourth-order valence-corrected chi connectivity index (χ4v) is 3.99. The Bertz CT molecular complexity index is 537. The van der Waals surface area contributed by atoms with Gasteiger partial charge in [0.15, 0.2) is 0 Å². The number of urea groups is 1. The quantitative estimate of drug-likeness (QED) is 0.843. The summed E-state index contributed by atoms with van der Waals surface area (Å²) in [5, 5.41) is 3.08. The fraction of sp³-hybridized carbons (Fsp3) is 0.444. The monoisotopic (exact) mass is 309 g/mol. The maximum atomic E-state index is 11.9. The summed E-state index contributed by atoms with van der Waals surface area (Å²) in [6, 6.07) is 2.26. The van der Waals surface area contributed by atoms with Gasteiger partial charge in [-0.25, -0.2) is 17.9 Å². The van der Waals surface area contributed by atoms with Crippen molar-refractivity contribution >= 4 is 39.0 Å². The van der Waals surface area contributed by atoms with Gasteiger partial charge in [0.2, 0.25) is 0 Å². The van der Waals surface area contributed by atoms with Crippen molar-refractivity contribution in [2.75, 3.05) is 26.2 Å². The van der Waals surface area contributed by atoms with Crippen LogP contribution in [0.1, 0.15) is 0 Å². The van der Waals surface area contributed by atoms with Crippen LogP contribution in [0.25, 0.3) is 0 Å². The molecule has 2 N–H and O–H groups in total. The highest BCUT2D eigenvalue weighted by atomic mass is 35.5. The normalized spacial score (nSPS) is 16.6. The Morgan fingerprint density at radius 3 is 2.61 bits per heavy atom. The van der Waals surface area contributed by atoms with E-state index < -0.39 is 16.1 Å². The molecule has 1 fully saturated rings. The molecule has 100 valence electrons. The molecule has 0 atom stereocenters. The highest BCUT2D eigenvalue weighted by Gasteiger charge is 2.24. The van der Waals surface area contributed by atoms with Crippen molar-refractivity contribution in [3.8, 4) is 0 Å². The molecule has 0 unspecified atom stereocenters. The van der Waals surface area contributed by atoms with Gasteiger partial charge in [-0.05, 0) is 12.1 Å². The zero-order chi connectivity index (χ0) is 13.2. The Balaban J connectivity index is 2.06. The summed E-state index contributed by atoms with van der Waals surface area (Å²) in [7, 11) is -3.82. The van der Waals surface area contributed by atoms with E-state index in [1.165, 1.54) is 17.0 Å². The van der Waals surface area contributed by atoms with Crippen molar-refractivity contribution < 1.29 is 13.2 Å². The van der Waals surface area contributed by atoms with Crippen LogP contribution in [0.2, 0.25) is 4.34 Å². The molecule has 18 heavy (non-hydrogen) atoms. The maximum Gasteiger partial charge on any atom is 0.331 e. The number of hydrogen-bond acceptors (Lipinski definition) is 5. The molecule has 0 bridgehead atoms. The Kier molecular flexibility index (Phi) is 4.10. The lowest BCUT2D eigenvalue weighted by atomic mass is 10.4. The zero-order valence-electron chi connectivity index (χ0n) is 9.35. The lowest BCUT2D eigenvalue weighted by Crippen LogP contribution is -2.51. The topological polar surface area (TPSA) is 78.5 Å². The lowest BCUT2D eigenvalue weighted by molar-refractivity contribution is 0.196. The third-order valence-electron chi connectivity index (χ3n) is 2.44. The van der Waals surface area contributed by atoms with Crippen LogP contribution in [0.3, 0.4) is 0 Å². The van der Waals surface area contributed by atoms with Crippen molar-refractivity contribution in [3.05, 3.63) is 16.5 Å². The third-order valence-corrected chi connectivity index (χ3v) is 5.48. The summed E-state index contributed by atoms with van der Waals surface area (Å²) in [4.78, 5) is 13.2. The highest BCUT2D eigenvalue weighted by Crippen LogP contribution is 2.25. The van der Waals surface area contributed by atoms with Crippen molar-refractivity contribution in [1.82, 2.24) is 14.9 Å². The second-order valence-corrected chi connectivity index (χ2v) is 7.33. The van der Waals surface area contributed by atoms with Crippen molar-refractivity contribution in [2.45, 2.75) is 4.21 Å². The fourth-order valence-electron chi connectivity index (χ4n) is 1.54. The molecule has 1 aromatic heterocycles. The van der Waals surface area contributed by atoms with E-state index in [0.29, 0.717) is 30.5 Å². The smallest absolute Gasteiger partial charge is 0.321 e. The number of hydrogen-bond donors (Lipinski definition) is 2. The number of nitrogens with zero attached hydrogens (tertiary/aromatic N) is 1. The molecule has 1 aliphatic heterocycles. The Morgan fingerprint density at radius 1 is 1.39 bits per heavy atom. The lowest BCUT2D eigenvalue weighted by Gasteiger charge is -2.27. The maximum absolute atomic E-state index is 11.9. The molecule has 9 heteroatoms. The third kappa shape index (κ3) is 3.14. The molecule has 2 rings (SSSR count). The van der Waals surface area contributed by atoms with Gasteiger partial charge in [0.05, 0.1) is 4.34 Å². The minimum atomic E-state index is -3.82. The van der Waals surface area contributed by atoms with Gasteiger partial charge in [0.1, 0.15) is 4.21 Å². The van der Waals surface area contributed by atoms with Gasteiger partial charge >= 0.3 is 6.03 Å². The van der Waals surface area contributed by atoms with E-state index in [0.717, 1.165) is 11.3 Å². The molecule has 0 spiro atoms. The second-order valence-electron chi connectivity index (χ2n) is 3.71. The van der Waals surface area contributed by atoms with Crippen molar-refractivity contribution in [3.63, 3.8) is 0 Å². The molecular formula is C9H12ClN3O3S2. The Hall–Kier alpha value is -0.830. The number of rotatable bonds is 2. The Labute approximate surface area is 114 Å². The predicted octanol–water partition coefficient (Wildman–Crippen LogP) is 0.705. The summed E-state index contributed by atoms with van der Waals surface area (Å²) in [5.41, 5.74) is 0. The van der Waals surface area contributed by atoms with Crippen molar-refractivity contribution in [2.24, 2.45) is 0 Å². The summed E-state index contributed by atoms with van der Waals surface area (Å²) >= 11 is 6.59. The molecule has 1 aromatic rings. The molecule has 2 amide bonds. The summed E-state index contributed by atoms with van der Waals surface area (Å²) in [5.74, 6) is 0. The summed E-state index contributed by atoms with van der Waals surface area (Å²) in [6.07, 6.45) is 0. The predicted molar refractivity (Wildman–Crippen MR) is 69.5 cm³/mol. The van der Waals surface area contributed by atoms with Gasteiger partial charge in [-0.1, -0.05) is 11.6 Å². The molecule has 0 aromatic carbocycles. The molecule has 0 aliphatic carbocycles. The largest absolute Gasteiger partial charge is 0.331 e.